The second kappa shape index (κ2) is 9.42. The molecule has 2 fully saturated rings. The maximum absolute atomic E-state index is 12.8. The quantitative estimate of drug-likeness (QED) is 0.772. The molecule has 3 atom stereocenters. The number of benzene rings is 1. The number of carbonyl (C=O) groups is 3. The minimum absolute atomic E-state index is 0.00662. The summed E-state index contributed by atoms with van der Waals surface area (Å²) in [5.74, 6) is -0.377. The Morgan fingerprint density at radius 3 is 2.48 bits per heavy atom. The lowest BCUT2D eigenvalue weighted by Crippen LogP contribution is -2.45. The molecule has 2 N–H and O–H groups in total. The predicted octanol–water partition coefficient (Wildman–Crippen LogP) is 2.80. The van der Waals surface area contributed by atoms with Gasteiger partial charge in [0.15, 0.2) is 0 Å². The third-order valence-corrected chi connectivity index (χ3v) is 5.97. The fourth-order valence-corrected chi connectivity index (χ4v) is 4.32. The molecule has 3 amide bonds. The summed E-state index contributed by atoms with van der Waals surface area (Å²) >= 11 is 0. The Balaban J connectivity index is 1.55. The van der Waals surface area contributed by atoms with Gasteiger partial charge >= 0.3 is 0 Å². The van der Waals surface area contributed by atoms with Crippen molar-refractivity contribution in [1.82, 2.24) is 10.6 Å². The van der Waals surface area contributed by atoms with Crippen molar-refractivity contribution in [3.8, 4) is 0 Å². The topological polar surface area (TPSA) is 78.5 Å². The van der Waals surface area contributed by atoms with Crippen molar-refractivity contribution in [2.75, 3.05) is 11.4 Å². The smallest absolute Gasteiger partial charge is 0.227 e. The molecular weight excluding hydrogens is 366 g/mol. The van der Waals surface area contributed by atoms with Crippen molar-refractivity contribution >= 4 is 23.4 Å². The summed E-state index contributed by atoms with van der Waals surface area (Å²) in [6, 6.07) is 8.10. The van der Waals surface area contributed by atoms with E-state index in [1.54, 1.807) is 4.90 Å². The van der Waals surface area contributed by atoms with Gasteiger partial charge in [-0.3, -0.25) is 14.4 Å². The number of nitrogens with zero attached hydrogens (tertiary/aromatic N) is 1. The predicted molar refractivity (Wildman–Crippen MR) is 113 cm³/mol. The zero-order chi connectivity index (χ0) is 21.0. The van der Waals surface area contributed by atoms with Gasteiger partial charge in [0, 0.05) is 36.7 Å². The Kier molecular flexibility index (Phi) is 6.93. The van der Waals surface area contributed by atoms with Gasteiger partial charge in [-0.05, 0) is 57.2 Å². The standard InChI is InChI=1S/C23H33N3O3/c1-4-16-8-10-20(11-9-16)26-14-18(13-21(26)27)23(29)25-19-7-5-6-17(12-19)22(28)24-15(2)3/h8-11,15,17-19H,4-7,12-14H2,1-3H3,(H,24,28)(H,25,29). The second-order valence-corrected chi connectivity index (χ2v) is 8.66. The lowest BCUT2D eigenvalue weighted by Gasteiger charge is -2.30. The van der Waals surface area contributed by atoms with Crippen molar-refractivity contribution in [2.24, 2.45) is 11.8 Å². The van der Waals surface area contributed by atoms with Crippen LogP contribution in [0.2, 0.25) is 0 Å². The van der Waals surface area contributed by atoms with Gasteiger partial charge in [-0.2, -0.15) is 0 Å². The van der Waals surface area contributed by atoms with Crippen LogP contribution in [0.3, 0.4) is 0 Å². The van der Waals surface area contributed by atoms with Crippen LogP contribution in [0.5, 0.6) is 0 Å². The molecule has 0 spiro atoms. The van der Waals surface area contributed by atoms with Gasteiger partial charge < -0.3 is 15.5 Å². The average molecular weight is 400 g/mol. The molecule has 0 radical (unpaired) electrons. The van der Waals surface area contributed by atoms with Crippen molar-refractivity contribution in [3.05, 3.63) is 29.8 Å². The van der Waals surface area contributed by atoms with Crippen LogP contribution >= 0.6 is 0 Å². The Hall–Kier alpha value is -2.37. The molecule has 0 bridgehead atoms. The summed E-state index contributed by atoms with van der Waals surface area (Å²) in [4.78, 5) is 39.3. The Morgan fingerprint density at radius 2 is 1.83 bits per heavy atom. The maximum Gasteiger partial charge on any atom is 0.227 e. The Morgan fingerprint density at radius 1 is 1.10 bits per heavy atom. The van der Waals surface area contributed by atoms with E-state index in [2.05, 4.69) is 17.6 Å². The van der Waals surface area contributed by atoms with E-state index < -0.39 is 0 Å². The number of hydrogen-bond acceptors (Lipinski definition) is 3. The summed E-state index contributed by atoms with van der Waals surface area (Å²) in [6.45, 7) is 6.43. The highest BCUT2D eigenvalue weighted by Gasteiger charge is 2.37. The summed E-state index contributed by atoms with van der Waals surface area (Å²) in [6.07, 6.45) is 4.56. The van der Waals surface area contributed by atoms with Crippen LogP contribution in [0.15, 0.2) is 24.3 Å². The minimum Gasteiger partial charge on any atom is -0.354 e. The first kappa shape index (κ1) is 21.3. The van der Waals surface area contributed by atoms with E-state index in [0.717, 1.165) is 31.4 Å². The summed E-state index contributed by atoms with van der Waals surface area (Å²) in [7, 11) is 0. The normalized spacial score (nSPS) is 24.6. The molecule has 1 aromatic carbocycles. The Labute approximate surface area is 173 Å². The highest BCUT2D eigenvalue weighted by atomic mass is 16.2. The first-order chi connectivity index (χ1) is 13.9. The molecular formula is C23H33N3O3. The number of nitrogens with one attached hydrogen (secondary N) is 2. The highest BCUT2D eigenvalue weighted by Crippen LogP contribution is 2.28. The molecule has 6 nitrogen and oxygen atoms in total. The van der Waals surface area contributed by atoms with Crippen molar-refractivity contribution in [1.29, 1.82) is 0 Å². The summed E-state index contributed by atoms with van der Waals surface area (Å²) in [5.41, 5.74) is 2.08. The van der Waals surface area contributed by atoms with E-state index in [9.17, 15) is 14.4 Å². The van der Waals surface area contributed by atoms with Gasteiger partial charge in [0.05, 0.1) is 5.92 Å². The fourth-order valence-electron chi connectivity index (χ4n) is 4.32. The molecule has 1 aliphatic carbocycles. The third-order valence-electron chi connectivity index (χ3n) is 5.97. The van der Waals surface area contributed by atoms with Crippen molar-refractivity contribution in [3.63, 3.8) is 0 Å². The number of amides is 3. The van der Waals surface area contributed by atoms with Crippen LogP contribution in [-0.4, -0.2) is 36.3 Å². The number of rotatable bonds is 6. The highest BCUT2D eigenvalue weighted by molar-refractivity contribution is 6.00. The molecule has 3 rings (SSSR count). The van der Waals surface area contributed by atoms with Gasteiger partial charge in [0.25, 0.3) is 0 Å². The second-order valence-electron chi connectivity index (χ2n) is 8.66. The van der Waals surface area contributed by atoms with Gasteiger partial charge in [0.2, 0.25) is 17.7 Å². The van der Waals surface area contributed by atoms with E-state index in [1.165, 1.54) is 5.56 Å². The van der Waals surface area contributed by atoms with Crippen LogP contribution in [0.4, 0.5) is 5.69 Å². The number of hydrogen-bond donors (Lipinski definition) is 2. The average Bonchev–Trinajstić information content (AvgIpc) is 3.09. The monoisotopic (exact) mass is 399 g/mol. The van der Waals surface area contributed by atoms with E-state index >= 15 is 0 Å². The van der Waals surface area contributed by atoms with E-state index in [0.29, 0.717) is 13.0 Å². The zero-order valence-electron chi connectivity index (χ0n) is 17.7. The molecule has 1 heterocycles. The molecule has 29 heavy (non-hydrogen) atoms. The van der Waals surface area contributed by atoms with E-state index in [1.807, 2.05) is 38.1 Å². The molecule has 1 saturated carbocycles. The van der Waals surface area contributed by atoms with Crippen LogP contribution in [0.1, 0.15) is 58.4 Å². The van der Waals surface area contributed by atoms with Crippen LogP contribution in [-0.2, 0) is 20.8 Å². The Bertz CT molecular complexity index is 744. The van der Waals surface area contributed by atoms with Crippen molar-refractivity contribution in [2.45, 2.75) is 71.4 Å². The van der Waals surface area contributed by atoms with E-state index in [-0.39, 0.29) is 48.1 Å². The van der Waals surface area contributed by atoms with E-state index in [4.69, 9.17) is 0 Å². The molecule has 6 heteroatoms. The molecule has 3 unspecified atom stereocenters. The van der Waals surface area contributed by atoms with Gasteiger partial charge in [-0.25, -0.2) is 0 Å². The number of anilines is 1. The van der Waals surface area contributed by atoms with Crippen LogP contribution in [0, 0.1) is 11.8 Å². The fraction of sp³-hybridized carbons (Fsp3) is 0.609. The first-order valence-corrected chi connectivity index (χ1v) is 10.9. The van der Waals surface area contributed by atoms with Crippen LogP contribution in [0.25, 0.3) is 0 Å². The molecule has 1 saturated heterocycles. The molecule has 1 aliphatic heterocycles. The minimum atomic E-state index is -0.335. The largest absolute Gasteiger partial charge is 0.354 e. The molecule has 158 valence electrons. The maximum atomic E-state index is 12.8. The molecule has 2 aliphatic rings. The molecule has 0 aromatic heterocycles. The number of carbonyl (C=O) groups excluding carboxylic acids is 3. The zero-order valence-corrected chi connectivity index (χ0v) is 17.7. The SMILES string of the molecule is CCc1ccc(N2CC(C(=O)NC3CCCC(C(=O)NC(C)C)C3)CC2=O)cc1. The van der Waals surface area contributed by atoms with Gasteiger partial charge in [-0.15, -0.1) is 0 Å². The lowest BCUT2D eigenvalue weighted by atomic mass is 9.84. The van der Waals surface area contributed by atoms with Crippen molar-refractivity contribution < 1.29 is 14.4 Å². The number of aryl methyl sites for hydroxylation is 1. The van der Waals surface area contributed by atoms with Crippen LogP contribution < -0.4 is 15.5 Å². The first-order valence-electron chi connectivity index (χ1n) is 10.9. The third kappa shape index (κ3) is 5.37. The lowest BCUT2D eigenvalue weighted by molar-refractivity contribution is -0.129. The summed E-state index contributed by atoms with van der Waals surface area (Å²) < 4.78 is 0. The molecule has 1 aromatic rings. The van der Waals surface area contributed by atoms with Gasteiger partial charge in [0.1, 0.15) is 0 Å². The summed E-state index contributed by atoms with van der Waals surface area (Å²) in [5, 5.41) is 6.09. The van der Waals surface area contributed by atoms with Gasteiger partial charge in [-0.1, -0.05) is 25.5 Å².